The zero-order valence-electron chi connectivity index (χ0n) is 71.8. The first-order chi connectivity index (χ1) is 63.8. The number of benzene rings is 12. The lowest BCUT2D eigenvalue weighted by Gasteiger charge is -2.24. The van der Waals surface area contributed by atoms with E-state index in [1.165, 1.54) is 66.8 Å². The van der Waals surface area contributed by atoms with E-state index in [1.807, 2.05) is 165 Å². The monoisotopic (exact) mass is 1670 g/mol. The Labute approximate surface area is 746 Å². The van der Waals surface area contributed by atoms with Gasteiger partial charge in [0, 0.05) is 154 Å². The molecule has 614 valence electrons. The number of hydrogen-bond acceptors (Lipinski definition) is 13. The molecular formula is C114H78N16. The molecule has 12 aromatic heterocycles. The Balaban J connectivity index is 0.000000105. The van der Waals surface area contributed by atoms with Crippen LogP contribution in [0.1, 0.15) is 74.9 Å². The maximum Gasteiger partial charge on any atom is 0.238 e. The van der Waals surface area contributed by atoms with Gasteiger partial charge < -0.3 is 0 Å². The smallest absolute Gasteiger partial charge is 0.238 e. The summed E-state index contributed by atoms with van der Waals surface area (Å²) in [6.07, 6.45) is 17.1. The van der Waals surface area contributed by atoms with Crippen LogP contribution in [-0.4, -0.2) is 78.5 Å². The van der Waals surface area contributed by atoms with E-state index in [0.29, 0.717) is 29.5 Å². The molecule has 0 fully saturated rings. The minimum Gasteiger partial charge on any atom is -0.277 e. The van der Waals surface area contributed by atoms with Crippen LogP contribution in [0, 0.1) is 0 Å². The maximum atomic E-state index is 5.33. The Morgan fingerprint density at radius 2 is 0.562 bits per heavy atom. The number of nitrogens with zero attached hydrogens (tertiary/aromatic N) is 16. The molecule has 0 unspecified atom stereocenters. The lowest BCUT2D eigenvalue weighted by atomic mass is 9.81. The van der Waals surface area contributed by atoms with Crippen molar-refractivity contribution in [3.8, 4) is 108 Å². The van der Waals surface area contributed by atoms with Crippen molar-refractivity contribution >= 4 is 109 Å². The summed E-state index contributed by atoms with van der Waals surface area (Å²) in [7, 11) is 0. The number of pyridine rings is 6. The zero-order valence-corrected chi connectivity index (χ0v) is 71.8. The Bertz CT molecular complexity index is 8370. The Morgan fingerprint density at radius 3 is 0.946 bits per heavy atom. The second kappa shape index (κ2) is 29.1. The van der Waals surface area contributed by atoms with E-state index < -0.39 is 0 Å². The predicted octanol–water partition coefficient (Wildman–Crippen LogP) is 26.4. The predicted molar refractivity (Wildman–Crippen MR) is 524 cm³/mol. The minimum absolute atomic E-state index is 0.257. The van der Waals surface area contributed by atoms with Crippen LogP contribution in [0.2, 0.25) is 0 Å². The summed E-state index contributed by atoms with van der Waals surface area (Å²) < 4.78 is 6.73. The molecule has 0 saturated heterocycles. The van der Waals surface area contributed by atoms with E-state index in [-0.39, 0.29) is 16.2 Å². The first-order valence-corrected chi connectivity index (χ1v) is 43.9. The van der Waals surface area contributed by atoms with Crippen molar-refractivity contribution in [1.29, 1.82) is 0 Å². The maximum absolute atomic E-state index is 5.33. The van der Waals surface area contributed by atoms with E-state index in [1.54, 1.807) is 0 Å². The molecule has 0 amide bonds. The molecule has 0 saturated carbocycles. The van der Waals surface area contributed by atoms with Crippen LogP contribution < -0.4 is 0 Å². The first kappa shape index (κ1) is 75.7. The van der Waals surface area contributed by atoms with Crippen LogP contribution in [0.25, 0.3) is 217 Å². The van der Waals surface area contributed by atoms with Gasteiger partial charge in [0.05, 0.1) is 72.2 Å². The number of hydrogen-bond donors (Lipinski definition) is 0. The van der Waals surface area contributed by atoms with Gasteiger partial charge in [0.1, 0.15) is 0 Å². The van der Waals surface area contributed by atoms with Gasteiger partial charge in [-0.1, -0.05) is 302 Å². The van der Waals surface area contributed by atoms with E-state index in [2.05, 4.69) is 270 Å². The molecule has 24 aromatic rings. The number of para-hydroxylation sites is 1. The van der Waals surface area contributed by atoms with Crippen molar-refractivity contribution in [2.75, 3.05) is 0 Å². The van der Waals surface area contributed by atoms with Gasteiger partial charge in [-0.25, -0.2) is 24.9 Å². The lowest BCUT2D eigenvalue weighted by Crippen LogP contribution is -2.17. The van der Waals surface area contributed by atoms with Gasteiger partial charge in [0.15, 0.2) is 11.6 Å². The number of fused-ring (bicyclic) bond motifs is 31. The fraction of sp³-hybridized carbons (Fsp3) is 0.0789. The van der Waals surface area contributed by atoms with Crippen molar-refractivity contribution < 1.29 is 0 Å². The lowest BCUT2D eigenvalue weighted by molar-refractivity contribution is 0.663. The molecule has 16 heteroatoms. The van der Waals surface area contributed by atoms with Gasteiger partial charge in [0.25, 0.3) is 0 Å². The van der Waals surface area contributed by atoms with E-state index in [4.69, 9.17) is 49.8 Å². The van der Waals surface area contributed by atoms with Gasteiger partial charge in [-0.3, -0.25) is 43.6 Å². The van der Waals surface area contributed by atoms with Crippen molar-refractivity contribution in [2.45, 2.75) is 57.8 Å². The first-order valence-electron chi connectivity index (χ1n) is 43.9. The summed E-state index contributed by atoms with van der Waals surface area (Å²) in [4.78, 5) is 65.2. The van der Waals surface area contributed by atoms with Gasteiger partial charge in [-0.05, 0) is 115 Å². The molecule has 0 N–H and O–H groups in total. The standard InChI is InChI=1S/C39H27N5.C38H26N6.C37H25N5/c1-39(2)29-18-10-9-16-26(29)33-27-17-11-20-41-36(27)34-28-23-40-21-19-32(28)44(37(34)35(33)39)38-42-30(24-12-5-3-6-13-24)22-31(43-38)25-14-7-4-8-15-25;1-38(2)28-18-10-9-16-25(28)30-26-17-11-20-40-33(26)31-27-22-39-21-19-29(27)44(34(31)32(30)38)37-42-35(23-12-5-3-6-13-23)41-36(43-37)24-14-7-4-8-15-24;1-37(2)27-16-8-6-13-23(27)30-25-15-10-19-39-34(25)31-26-21-38-20-18-29(26)42(35(31)32(30)37)36-40-28-17-9-7-14-24(28)33(41-36)22-11-4-3-5-12-22/h3-23H,1-2H3;3-22H,1-2H3;3-21H,1-2H3. The average Bonchev–Trinajstić information content (AvgIpc) is 1.53. The number of aromatic nitrogens is 16. The Kier molecular flexibility index (Phi) is 16.9. The van der Waals surface area contributed by atoms with Gasteiger partial charge in [0.2, 0.25) is 17.8 Å². The summed E-state index contributed by atoms with van der Waals surface area (Å²) in [5, 5.41) is 10.8. The van der Waals surface area contributed by atoms with Crippen LogP contribution in [-0.2, 0) is 16.2 Å². The second-order valence-corrected chi connectivity index (χ2v) is 35.3. The highest BCUT2D eigenvalue weighted by Crippen LogP contribution is 2.60. The van der Waals surface area contributed by atoms with E-state index >= 15 is 0 Å². The Morgan fingerprint density at radius 1 is 0.246 bits per heavy atom. The molecule has 0 spiro atoms. The van der Waals surface area contributed by atoms with Gasteiger partial charge in [-0.2, -0.15) is 9.97 Å². The number of rotatable bonds is 8. The molecule has 0 radical (unpaired) electrons. The quantitative estimate of drug-likeness (QED) is 0.140. The summed E-state index contributed by atoms with van der Waals surface area (Å²) in [5.74, 6) is 3.07. The Hall–Kier alpha value is -16.9. The van der Waals surface area contributed by atoms with Crippen LogP contribution in [0.15, 0.2) is 365 Å². The van der Waals surface area contributed by atoms with E-state index in [0.717, 1.165) is 154 Å². The van der Waals surface area contributed by atoms with Crippen LogP contribution in [0.4, 0.5) is 0 Å². The summed E-state index contributed by atoms with van der Waals surface area (Å²) >= 11 is 0. The largest absolute Gasteiger partial charge is 0.277 e. The molecule has 3 aliphatic rings. The molecule has 16 nitrogen and oxygen atoms in total. The average molecular weight is 1670 g/mol. The highest BCUT2D eigenvalue weighted by atomic mass is 15.2. The molecular weight excluding hydrogens is 1590 g/mol. The molecule has 130 heavy (non-hydrogen) atoms. The van der Waals surface area contributed by atoms with E-state index in [9.17, 15) is 0 Å². The topological polar surface area (TPSA) is 182 Å². The summed E-state index contributed by atoms with van der Waals surface area (Å²) in [6, 6.07) is 107. The van der Waals surface area contributed by atoms with Gasteiger partial charge >= 0.3 is 0 Å². The fourth-order valence-corrected chi connectivity index (χ4v) is 21.4. The SMILES string of the molecule is CC1(C)c2ccccc2-c2c1c1c(c3cnccc3n1-c1nc(-c3ccccc3)c3ccccc3n1)c1ncccc21.CC1(C)c2ccccc2-c2c1c1c(c3cnccc3n1-c1nc(-c3ccccc3)cc(-c3ccccc3)n1)c1ncccc21.CC1(C)c2ccccc2-c2c1c1c(c3cnccc3n1-c1nc(-c3ccccc3)nc(-c3ccccc3)n1)c1ncccc21. The normalized spacial score (nSPS) is 13.5. The van der Waals surface area contributed by atoms with Crippen LogP contribution in [0.5, 0.6) is 0 Å². The van der Waals surface area contributed by atoms with Crippen LogP contribution in [0.3, 0.4) is 0 Å². The molecule has 0 atom stereocenters. The highest BCUT2D eigenvalue weighted by Gasteiger charge is 2.45. The zero-order chi connectivity index (χ0) is 86.8. The van der Waals surface area contributed by atoms with Crippen LogP contribution >= 0.6 is 0 Å². The molecule has 12 heterocycles. The third-order valence-corrected chi connectivity index (χ3v) is 27.0. The van der Waals surface area contributed by atoms with Crippen molar-refractivity contribution in [3.63, 3.8) is 0 Å². The highest BCUT2D eigenvalue weighted by molar-refractivity contribution is 6.29. The molecule has 0 aliphatic heterocycles. The third kappa shape index (κ3) is 11.3. The molecule has 0 bridgehead atoms. The summed E-state index contributed by atoms with van der Waals surface area (Å²) in [6.45, 7) is 14.0. The van der Waals surface area contributed by atoms with Crippen molar-refractivity contribution in [2.24, 2.45) is 0 Å². The molecule has 3 aliphatic carbocycles. The minimum atomic E-state index is -0.286. The summed E-state index contributed by atoms with van der Waals surface area (Å²) in [5.41, 5.74) is 32.0. The van der Waals surface area contributed by atoms with Crippen molar-refractivity contribution in [1.82, 2.24) is 78.5 Å². The second-order valence-electron chi connectivity index (χ2n) is 35.3. The fourth-order valence-electron chi connectivity index (χ4n) is 21.4. The molecule has 27 rings (SSSR count). The third-order valence-electron chi connectivity index (χ3n) is 27.0. The van der Waals surface area contributed by atoms with Gasteiger partial charge in [-0.15, -0.1) is 0 Å². The van der Waals surface area contributed by atoms with Crippen molar-refractivity contribution in [3.05, 3.63) is 399 Å². The molecule has 12 aromatic carbocycles.